The van der Waals surface area contributed by atoms with E-state index in [4.69, 9.17) is 4.74 Å². The molecule has 0 bridgehead atoms. The average Bonchev–Trinajstić information content (AvgIpc) is 2.61. The molecule has 0 aliphatic rings. The molecule has 0 atom stereocenters. The molecule has 2 aromatic rings. The predicted molar refractivity (Wildman–Crippen MR) is 88.7 cm³/mol. The van der Waals surface area contributed by atoms with Gasteiger partial charge in [0, 0.05) is 25.5 Å². The second-order valence-corrected chi connectivity index (χ2v) is 4.95. The summed E-state index contributed by atoms with van der Waals surface area (Å²) >= 11 is 0. The van der Waals surface area contributed by atoms with Gasteiger partial charge in [-0.1, -0.05) is 12.1 Å². The van der Waals surface area contributed by atoms with Gasteiger partial charge in [0.2, 0.25) is 5.91 Å². The third-order valence-electron chi connectivity index (χ3n) is 3.13. The van der Waals surface area contributed by atoms with Crippen LogP contribution in [0.5, 0.6) is 5.75 Å². The van der Waals surface area contributed by atoms with Crippen molar-refractivity contribution in [3.8, 4) is 5.75 Å². The van der Waals surface area contributed by atoms with Crippen LogP contribution in [0.2, 0.25) is 0 Å². The molecule has 2 amide bonds. The standard InChI is InChI=1S/C17H20N4O3/c1-2-24-14-5-3-13(4-6-14)11-16(22)20-9-10-21-17(23)15-12-18-7-8-19-15/h3-8,12H,2,9-11H2,1H3,(H,20,22)(H,21,23). The Hall–Kier alpha value is -2.96. The molecule has 1 aromatic heterocycles. The second kappa shape index (κ2) is 9.24. The van der Waals surface area contributed by atoms with E-state index in [1.54, 1.807) is 0 Å². The molecular weight excluding hydrogens is 308 g/mol. The van der Waals surface area contributed by atoms with Gasteiger partial charge in [0.1, 0.15) is 11.4 Å². The van der Waals surface area contributed by atoms with Crippen molar-refractivity contribution in [1.82, 2.24) is 20.6 Å². The first-order valence-corrected chi connectivity index (χ1v) is 7.71. The average molecular weight is 328 g/mol. The first-order chi connectivity index (χ1) is 11.7. The molecule has 7 nitrogen and oxygen atoms in total. The summed E-state index contributed by atoms with van der Waals surface area (Å²) < 4.78 is 5.35. The third kappa shape index (κ3) is 5.68. The highest BCUT2D eigenvalue weighted by Crippen LogP contribution is 2.12. The minimum absolute atomic E-state index is 0.104. The first-order valence-electron chi connectivity index (χ1n) is 7.71. The molecule has 2 rings (SSSR count). The number of hydrogen-bond donors (Lipinski definition) is 2. The number of hydrogen-bond acceptors (Lipinski definition) is 5. The van der Waals surface area contributed by atoms with Crippen LogP contribution in [0.25, 0.3) is 0 Å². The summed E-state index contributed by atoms with van der Waals surface area (Å²) in [7, 11) is 0. The number of benzene rings is 1. The molecule has 0 fully saturated rings. The van der Waals surface area contributed by atoms with Crippen LogP contribution in [0.3, 0.4) is 0 Å². The fourth-order valence-corrected chi connectivity index (χ4v) is 2.00. The van der Waals surface area contributed by atoms with Gasteiger partial charge in [-0.05, 0) is 24.6 Å². The van der Waals surface area contributed by atoms with Crippen LogP contribution >= 0.6 is 0 Å². The molecule has 24 heavy (non-hydrogen) atoms. The topological polar surface area (TPSA) is 93.2 Å². The van der Waals surface area contributed by atoms with E-state index in [-0.39, 0.29) is 23.9 Å². The van der Waals surface area contributed by atoms with Crippen LogP contribution in [0, 0.1) is 0 Å². The first kappa shape index (κ1) is 17.4. The Morgan fingerprint density at radius 2 is 1.83 bits per heavy atom. The maximum absolute atomic E-state index is 11.9. The predicted octanol–water partition coefficient (Wildman–Crippen LogP) is 0.964. The van der Waals surface area contributed by atoms with E-state index in [9.17, 15) is 9.59 Å². The highest BCUT2D eigenvalue weighted by atomic mass is 16.5. The lowest BCUT2D eigenvalue weighted by Crippen LogP contribution is -2.35. The number of nitrogens with zero attached hydrogens (tertiary/aromatic N) is 2. The van der Waals surface area contributed by atoms with Gasteiger partial charge in [-0.3, -0.25) is 14.6 Å². The van der Waals surface area contributed by atoms with Crippen molar-refractivity contribution in [2.75, 3.05) is 19.7 Å². The van der Waals surface area contributed by atoms with E-state index in [0.717, 1.165) is 11.3 Å². The van der Waals surface area contributed by atoms with Gasteiger partial charge in [-0.15, -0.1) is 0 Å². The Morgan fingerprint density at radius 3 is 2.50 bits per heavy atom. The van der Waals surface area contributed by atoms with Gasteiger partial charge >= 0.3 is 0 Å². The van der Waals surface area contributed by atoms with Crippen molar-refractivity contribution < 1.29 is 14.3 Å². The Labute approximate surface area is 140 Å². The van der Waals surface area contributed by atoms with Crippen molar-refractivity contribution in [3.05, 3.63) is 54.1 Å². The van der Waals surface area contributed by atoms with E-state index in [1.165, 1.54) is 18.6 Å². The SMILES string of the molecule is CCOc1ccc(CC(=O)NCCNC(=O)c2cnccn2)cc1. The molecule has 2 N–H and O–H groups in total. The normalized spacial score (nSPS) is 10.0. The molecule has 0 unspecified atom stereocenters. The summed E-state index contributed by atoms with van der Waals surface area (Å²) in [6.07, 6.45) is 4.62. The van der Waals surface area contributed by atoms with Crippen molar-refractivity contribution in [2.24, 2.45) is 0 Å². The van der Waals surface area contributed by atoms with Crippen LogP contribution in [0.4, 0.5) is 0 Å². The second-order valence-electron chi connectivity index (χ2n) is 4.95. The van der Waals surface area contributed by atoms with Gasteiger partial charge in [0.05, 0.1) is 19.2 Å². The van der Waals surface area contributed by atoms with Gasteiger partial charge in [0.15, 0.2) is 0 Å². The quantitative estimate of drug-likeness (QED) is 0.704. The van der Waals surface area contributed by atoms with Crippen molar-refractivity contribution in [2.45, 2.75) is 13.3 Å². The summed E-state index contributed by atoms with van der Waals surface area (Å²) in [5, 5.41) is 5.42. The number of amides is 2. The Balaban J connectivity index is 1.67. The minimum atomic E-state index is -0.316. The van der Waals surface area contributed by atoms with E-state index in [2.05, 4.69) is 20.6 Å². The minimum Gasteiger partial charge on any atom is -0.494 e. The summed E-state index contributed by atoms with van der Waals surface area (Å²) in [5.74, 6) is 0.366. The highest BCUT2D eigenvalue weighted by molar-refractivity contribution is 5.91. The lowest BCUT2D eigenvalue weighted by molar-refractivity contribution is -0.120. The number of carbonyl (C=O) groups excluding carboxylic acids is 2. The largest absolute Gasteiger partial charge is 0.494 e. The van der Waals surface area contributed by atoms with Crippen LogP contribution < -0.4 is 15.4 Å². The van der Waals surface area contributed by atoms with Gasteiger partial charge < -0.3 is 15.4 Å². The van der Waals surface area contributed by atoms with Crippen LogP contribution in [0.15, 0.2) is 42.9 Å². The van der Waals surface area contributed by atoms with Gasteiger partial charge in [0.25, 0.3) is 5.91 Å². The number of carbonyl (C=O) groups is 2. The fourth-order valence-electron chi connectivity index (χ4n) is 2.00. The number of nitrogens with one attached hydrogen (secondary N) is 2. The zero-order valence-electron chi connectivity index (χ0n) is 13.5. The van der Waals surface area contributed by atoms with Gasteiger partial charge in [-0.25, -0.2) is 4.98 Å². The molecule has 1 aromatic carbocycles. The molecule has 0 radical (unpaired) electrons. The molecule has 1 heterocycles. The molecule has 0 aliphatic carbocycles. The lowest BCUT2D eigenvalue weighted by atomic mass is 10.1. The lowest BCUT2D eigenvalue weighted by Gasteiger charge is -2.07. The molecule has 7 heteroatoms. The smallest absolute Gasteiger partial charge is 0.271 e. The summed E-state index contributed by atoms with van der Waals surface area (Å²) in [6.45, 7) is 3.21. The summed E-state index contributed by atoms with van der Waals surface area (Å²) in [5.41, 5.74) is 1.15. The molecule has 126 valence electrons. The summed E-state index contributed by atoms with van der Waals surface area (Å²) in [6, 6.07) is 7.40. The van der Waals surface area contributed by atoms with Crippen molar-refractivity contribution in [1.29, 1.82) is 0 Å². The maximum Gasteiger partial charge on any atom is 0.271 e. The van der Waals surface area contributed by atoms with Crippen LogP contribution in [0.1, 0.15) is 23.0 Å². The Bertz CT molecular complexity index is 659. The van der Waals surface area contributed by atoms with Crippen molar-refractivity contribution >= 4 is 11.8 Å². The monoisotopic (exact) mass is 328 g/mol. The van der Waals surface area contributed by atoms with Crippen LogP contribution in [-0.4, -0.2) is 41.5 Å². The molecule has 0 saturated heterocycles. The molecule has 0 spiro atoms. The zero-order valence-corrected chi connectivity index (χ0v) is 13.5. The molecular formula is C17H20N4O3. The van der Waals surface area contributed by atoms with E-state index >= 15 is 0 Å². The highest BCUT2D eigenvalue weighted by Gasteiger charge is 2.07. The Kier molecular flexibility index (Phi) is 6.70. The fraction of sp³-hybridized carbons (Fsp3) is 0.294. The third-order valence-corrected chi connectivity index (χ3v) is 3.13. The van der Waals surface area contributed by atoms with Gasteiger partial charge in [-0.2, -0.15) is 0 Å². The zero-order chi connectivity index (χ0) is 17.2. The Morgan fingerprint density at radius 1 is 1.08 bits per heavy atom. The van der Waals surface area contributed by atoms with E-state index in [0.29, 0.717) is 19.7 Å². The summed E-state index contributed by atoms with van der Waals surface area (Å²) in [4.78, 5) is 31.3. The maximum atomic E-state index is 11.9. The molecule has 0 saturated carbocycles. The van der Waals surface area contributed by atoms with E-state index < -0.39 is 0 Å². The van der Waals surface area contributed by atoms with Crippen molar-refractivity contribution in [3.63, 3.8) is 0 Å². The molecule has 0 aliphatic heterocycles. The number of rotatable bonds is 8. The van der Waals surface area contributed by atoms with Crippen LogP contribution in [-0.2, 0) is 11.2 Å². The number of aromatic nitrogens is 2. The van der Waals surface area contributed by atoms with E-state index in [1.807, 2.05) is 31.2 Å². The number of ether oxygens (including phenoxy) is 1.